The Kier molecular flexibility index (Phi) is 3.81. The van der Waals surface area contributed by atoms with Crippen molar-refractivity contribution in [1.29, 1.82) is 0 Å². The van der Waals surface area contributed by atoms with Crippen molar-refractivity contribution >= 4 is 28.2 Å². The Hall–Kier alpha value is -1.88. The number of carbonyl (C=O) groups is 1. The van der Waals surface area contributed by atoms with Crippen molar-refractivity contribution in [2.75, 3.05) is 5.32 Å². The molecular formula is C15H18N2O2S. The number of rotatable bonds is 3. The van der Waals surface area contributed by atoms with Gasteiger partial charge in [0, 0.05) is 5.69 Å². The zero-order valence-electron chi connectivity index (χ0n) is 12.0. The van der Waals surface area contributed by atoms with Gasteiger partial charge in [-0.1, -0.05) is 32.9 Å². The minimum absolute atomic E-state index is 0.103. The molecule has 1 heterocycles. The summed E-state index contributed by atoms with van der Waals surface area (Å²) >= 11 is 1.17. The molecule has 106 valence electrons. The van der Waals surface area contributed by atoms with E-state index in [1.807, 2.05) is 12.1 Å². The van der Waals surface area contributed by atoms with E-state index in [0.717, 1.165) is 5.69 Å². The first-order valence-electron chi connectivity index (χ1n) is 6.36. The SMILES string of the molecule is Cc1nsc(Nc2ccc(C(C)(C)C)cc2)c1C(=O)O. The van der Waals surface area contributed by atoms with Crippen molar-refractivity contribution < 1.29 is 9.90 Å². The molecule has 0 atom stereocenters. The molecule has 5 heteroatoms. The molecule has 0 bridgehead atoms. The van der Waals surface area contributed by atoms with Crippen LogP contribution < -0.4 is 5.32 Å². The lowest BCUT2D eigenvalue weighted by Gasteiger charge is -2.19. The predicted molar refractivity (Wildman–Crippen MR) is 82.2 cm³/mol. The van der Waals surface area contributed by atoms with Crippen LogP contribution in [0.2, 0.25) is 0 Å². The van der Waals surface area contributed by atoms with Gasteiger partial charge in [0.15, 0.2) is 0 Å². The second-order valence-corrected chi connectivity index (χ2v) is 6.50. The Bertz CT molecular complexity index is 624. The van der Waals surface area contributed by atoms with Crippen LogP contribution in [0.5, 0.6) is 0 Å². The lowest BCUT2D eigenvalue weighted by Crippen LogP contribution is -2.10. The molecule has 2 N–H and O–H groups in total. The summed E-state index contributed by atoms with van der Waals surface area (Å²) in [6, 6.07) is 8.02. The fourth-order valence-electron chi connectivity index (χ4n) is 1.89. The number of nitrogens with one attached hydrogen (secondary N) is 1. The van der Waals surface area contributed by atoms with E-state index in [4.69, 9.17) is 0 Å². The summed E-state index contributed by atoms with van der Waals surface area (Å²) in [5.41, 5.74) is 2.99. The maximum Gasteiger partial charge on any atom is 0.340 e. The zero-order valence-corrected chi connectivity index (χ0v) is 12.8. The average molecular weight is 290 g/mol. The Balaban J connectivity index is 2.25. The molecule has 0 saturated heterocycles. The number of hydrogen-bond donors (Lipinski definition) is 2. The van der Waals surface area contributed by atoms with Gasteiger partial charge in [-0.2, -0.15) is 4.37 Å². The highest BCUT2D eigenvalue weighted by atomic mass is 32.1. The highest BCUT2D eigenvalue weighted by molar-refractivity contribution is 7.10. The Labute approximate surface area is 122 Å². The number of anilines is 2. The van der Waals surface area contributed by atoms with Gasteiger partial charge in [0.25, 0.3) is 0 Å². The van der Waals surface area contributed by atoms with E-state index in [0.29, 0.717) is 10.7 Å². The fraction of sp³-hybridized carbons (Fsp3) is 0.333. The zero-order chi connectivity index (χ0) is 14.9. The van der Waals surface area contributed by atoms with Gasteiger partial charge in [-0.05, 0) is 41.6 Å². The molecule has 0 saturated carbocycles. The van der Waals surface area contributed by atoms with Crippen LogP contribution in [0.15, 0.2) is 24.3 Å². The van der Waals surface area contributed by atoms with Crippen LogP contribution >= 0.6 is 11.5 Å². The fourth-order valence-corrected chi connectivity index (χ4v) is 2.70. The number of nitrogens with zero attached hydrogens (tertiary/aromatic N) is 1. The molecule has 0 fully saturated rings. The normalized spacial score (nSPS) is 11.4. The molecule has 2 aromatic rings. The van der Waals surface area contributed by atoms with Crippen LogP contribution in [0.1, 0.15) is 42.4 Å². The minimum atomic E-state index is -0.954. The summed E-state index contributed by atoms with van der Waals surface area (Å²) < 4.78 is 4.09. The highest BCUT2D eigenvalue weighted by Crippen LogP contribution is 2.29. The number of hydrogen-bond acceptors (Lipinski definition) is 4. The van der Waals surface area contributed by atoms with E-state index >= 15 is 0 Å². The van der Waals surface area contributed by atoms with Crippen LogP contribution in [0, 0.1) is 6.92 Å². The molecule has 0 radical (unpaired) electrons. The predicted octanol–water partition coefficient (Wildman–Crippen LogP) is 4.19. The van der Waals surface area contributed by atoms with E-state index in [1.165, 1.54) is 17.1 Å². The van der Waals surface area contributed by atoms with Gasteiger partial charge in [0.2, 0.25) is 0 Å². The summed E-state index contributed by atoms with van der Waals surface area (Å²) in [5, 5.41) is 12.9. The van der Waals surface area contributed by atoms with Crippen LogP contribution in [0.3, 0.4) is 0 Å². The van der Waals surface area contributed by atoms with E-state index in [9.17, 15) is 9.90 Å². The first-order valence-corrected chi connectivity index (χ1v) is 7.13. The molecule has 0 aliphatic carbocycles. The molecule has 2 rings (SSSR count). The van der Waals surface area contributed by atoms with Crippen molar-refractivity contribution in [2.24, 2.45) is 0 Å². The lowest BCUT2D eigenvalue weighted by molar-refractivity contribution is 0.0697. The maximum atomic E-state index is 11.2. The van der Waals surface area contributed by atoms with Gasteiger partial charge >= 0.3 is 5.97 Å². The van der Waals surface area contributed by atoms with E-state index in [2.05, 4.69) is 42.6 Å². The lowest BCUT2D eigenvalue weighted by atomic mass is 9.87. The Morgan fingerprint density at radius 1 is 1.25 bits per heavy atom. The van der Waals surface area contributed by atoms with Crippen LogP contribution in [0.25, 0.3) is 0 Å². The molecular weight excluding hydrogens is 272 g/mol. The van der Waals surface area contributed by atoms with Crippen molar-refractivity contribution in [3.05, 3.63) is 41.1 Å². The van der Waals surface area contributed by atoms with Crippen LogP contribution in [-0.2, 0) is 5.41 Å². The molecule has 4 nitrogen and oxygen atoms in total. The number of aromatic nitrogens is 1. The van der Waals surface area contributed by atoms with Gasteiger partial charge in [-0.3, -0.25) is 0 Å². The van der Waals surface area contributed by atoms with Gasteiger partial charge in [-0.25, -0.2) is 4.79 Å². The van der Waals surface area contributed by atoms with E-state index < -0.39 is 5.97 Å². The summed E-state index contributed by atoms with van der Waals surface area (Å²) in [6.07, 6.45) is 0. The maximum absolute atomic E-state index is 11.2. The first kappa shape index (κ1) is 14.5. The Morgan fingerprint density at radius 2 is 1.85 bits per heavy atom. The van der Waals surface area contributed by atoms with E-state index in [-0.39, 0.29) is 11.0 Å². The van der Waals surface area contributed by atoms with Crippen molar-refractivity contribution in [1.82, 2.24) is 4.37 Å². The number of aryl methyl sites for hydroxylation is 1. The summed E-state index contributed by atoms with van der Waals surface area (Å²) in [4.78, 5) is 11.2. The summed E-state index contributed by atoms with van der Waals surface area (Å²) in [6.45, 7) is 8.17. The van der Waals surface area contributed by atoms with Crippen LogP contribution in [-0.4, -0.2) is 15.4 Å². The third-order valence-corrected chi connectivity index (χ3v) is 3.94. The molecule has 0 unspecified atom stereocenters. The third-order valence-electron chi connectivity index (χ3n) is 3.09. The third kappa shape index (κ3) is 2.99. The number of carboxylic acid groups (broad SMARTS) is 1. The largest absolute Gasteiger partial charge is 0.478 e. The van der Waals surface area contributed by atoms with Crippen molar-refractivity contribution in [3.63, 3.8) is 0 Å². The second-order valence-electron chi connectivity index (χ2n) is 5.73. The molecule has 1 aromatic carbocycles. The average Bonchev–Trinajstić information content (AvgIpc) is 2.70. The standard InChI is InChI=1S/C15H18N2O2S/c1-9-12(14(18)19)13(20-17-9)16-11-7-5-10(6-8-11)15(2,3)4/h5-8,16H,1-4H3,(H,18,19). The quantitative estimate of drug-likeness (QED) is 0.889. The molecule has 1 aromatic heterocycles. The minimum Gasteiger partial charge on any atom is -0.478 e. The van der Waals surface area contributed by atoms with Gasteiger partial charge in [0.1, 0.15) is 10.6 Å². The second kappa shape index (κ2) is 5.25. The monoisotopic (exact) mass is 290 g/mol. The smallest absolute Gasteiger partial charge is 0.340 e. The van der Waals surface area contributed by atoms with Gasteiger partial charge < -0.3 is 10.4 Å². The molecule has 0 amide bonds. The Morgan fingerprint density at radius 3 is 2.35 bits per heavy atom. The number of carboxylic acids is 1. The molecule has 0 aliphatic rings. The van der Waals surface area contributed by atoms with Gasteiger partial charge in [-0.15, -0.1) is 0 Å². The molecule has 0 aliphatic heterocycles. The van der Waals surface area contributed by atoms with E-state index in [1.54, 1.807) is 6.92 Å². The van der Waals surface area contributed by atoms with Crippen molar-refractivity contribution in [2.45, 2.75) is 33.1 Å². The molecule has 0 spiro atoms. The van der Waals surface area contributed by atoms with Crippen molar-refractivity contribution in [3.8, 4) is 0 Å². The van der Waals surface area contributed by atoms with Gasteiger partial charge in [0.05, 0.1) is 5.69 Å². The summed E-state index contributed by atoms with van der Waals surface area (Å²) in [5.74, 6) is -0.954. The first-order chi connectivity index (χ1) is 9.29. The summed E-state index contributed by atoms with van der Waals surface area (Å²) in [7, 11) is 0. The molecule has 20 heavy (non-hydrogen) atoms. The topological polar surface area (TPSA) is 62.2 Å². The number of benzene rings is 1. The van der Waals surface area contributed by atoms with Crippen LogP contribution in [0.4, 0.5) is 10.7 Å². The number of aromatic carboxylic acids is 1. The highest BCUT2D eigenvalue weighted by Gasteiger charge is 2.18.